The molecule has 0 radical (unpaired) electrons. The highest BCUT2D eigenvalue weighted by Gasteiger charge is 2.12. The molecule has 3 nitrogen and oxygen atoms in total. The van der Waals surface area contributed by atoms with Crippen LogP contribution in [0.5, 0.6) is 11.5 Å². The molecule has 0 aliphatic carbocycles. The SMILES string of the molecule is Cc1c(C)c(O)c2ncccc2c1O. The average molecular weight is 189 g/mol. The Hall–Kier alpha value is -1.77. The summed E-state index contributed by atoms with van der Waals surface area (Å²) in [4.78, 5) is 4.03. The number of rotatable bonds is 0. The lowest BCUT2D eigenvalue weighted by molar-refractivity contribution is 0.461. The molecule has 0 atom stereocenters. The van der Waals surface area contributed by atoms with Crippen LogP contribution in [0.25, 0.3) is 10.9 Å². The van der Waals surface area contributed by atoms with Crippen molar-refractivity contribution in [2.24, 2.45) is 0 Å². The van der Waals surface area contributed by atoms with E-state index >= 15 is 0 Å². The minimum absolute atomic E-state index is 0.149. The molecule has 3 heteroatoms. The van der Waals surface area contributed by atoms with Gasteiger partial charge < -0.3 is 10.2 Å². The molecular formula is C11H11NO2. The lowest BCUT2D eigenvalue weighted by atomic mass is 10.0. The standard InChI is InChI=1S/C11H11NO2/c1-6-7(2)11(14)9-8(10(6)13)4-3-5-12-9/h3-5,13-14H,1-2H3. The van der Waals surface area contributed by atoms with Gasteiger partial charge in [0.15, 0.2) is 0 Å². The van der Waals surface area contributed by atoms with Crippen LogP contribution in [0.3, 0.4) is 0 Å². The van der Waals surface area contributed by atoms with Crippen molar-refractivity contribution < 1.29 is 10.2 Å². The van der Waals surface area contributed by atoms with E-state index in [9.17, 15) is 10.2 Å². The van der Waals surface area contributed by atoms with Gasteiger partial charge in [-0.2, -0.15) is 0 Å². The normalized spacial score (nSPS) is 10.7. The lowest BCUT2D eigenvalue weighted by Crippen LogP contribution is -1.88. The number of aromatic hydroxyl groups is 2. The smallest absolute Gasteiger partial charge is 0.145 e. The van der Waals surface area contributed by atoms with Crippen molar-refractivity contribution in [2.75, 3.05) is 0 Å². The fourth-order valence-corrected chi connectivity index (χ4v) is 1.52. The van der Waals surface area contributed by atoms with Crippen molar-refractivity contribution in [3.63, 3.8) is 0 Å². The molecule has 0 bridgehead atoms. The van der Waals surface area contributed by atoms with Crippen molar-refractivity contribution >= 4 is 10.9 Å². The maximum Gasteiger partial charge on any atom is 0.145 e. The predicted molar refractivity (Wildman–Crippen MR) is 54.5 cm³/mol. The third-order valence-corrected chi connectivity index (χ3v) is 2.56. The molecule has 1 heterocycles. The maximum absolute atomic E-state index is 9.81. The quantitative estimate of drug-likeness (QED) is 0.625. The van der Waals surface area contributed by atoms with Gasteiger partial charge in [0.1, 0.15) is 17.0 Å². The average Bonchev–Trinajstić information content (AvgIpc) is 2.23. The zero-order valence-electron chi connectivity index (χ0n) is 8.07. The van der Waals surface area contributed by atoms with Gasteiger partial charge in [0.05, 0.1) is 0 Å². The number of benzene rings is 1. The van der Waals surface area contributed by atoms with Crippen LogP contribution in [-0.2, 0) is 0 Å². The molecule has 2 aromatic rings. The third kappa shape index (κ3) is 1.02. The van der Waals surface area contributed by atoms with E-state index < -0.39 is 0 Å². The van der Waals surface area contributed by atoms with Crippen molar-refractivity contribution in [2.45, 2.75) is 13.8 Å². The second-order valence-electron chi connectivity index (χ2n) is 3.35. The third-order valence-electron chi connectivity index (χ3n) is 2.56. The number of aromatic nitrogens is 1. The number of phenols is 2. The first kappa shape index (κ1) is 8.81. The van der Waals surface area contributed by atoms with Crippen molar-refractivity contribution in [1.29, 1.82) is 0 Å². The number of hydrogen-bond donors (Lipinski definition) is 2. The second kappa shape index (κ2) is 2.87. The molecule has 1 aromatic carbocycles. The Bertz CT molecular complexity index is 460. The first-order valence-corrected chi connectivity index (χ1v) is 4.38. The van der Waals surface area contributed by atoms with Gasteiger partial charge in [0, 0.05) is 11.6 Å². The summed E-state index contributed by atoms with van der Waals surface area (Å²) in [6.45, 7) is 3.54. The highest BCUT2D eigenvalue weighted by atomic mass is 16.3. The molecule has 0 spiro atoms. The molecule has 1 aromatic heterocycles. The monoisotopic (exact) mass is 189 g/mol. The van der Waals surface area contributed by atoms with Gasteiger partial charge in [0.2, 0.25) is 0 Å². The fraction of sp³-hybridized carbons (Fsp3) is 0.182. The van der Waals surface area contributed by atoms with E-state index in [1.165, 1.54) is 0 Å². The summed E-state index contributed by atoms with van der Waals surface area (Å²) in [5.74, 6) is 0.347. The minimum Gasteiger partial charge on any atom is -0.507 e. The highest BCUT2D eigenvalue weighted by Crippen LogP contribution is 2.36. The van der Waals surface area contributed by atoms with Gasteiger partial charge in [0.25, 0.3) is 0 Å². The van der Waals surface area contributed by atoms with Crippen LogP contribution < -0.4 is 0 Å². The molecule has 0 fully saturated rings. The largest absolute Gasteiger partial charge is 0.507 e. The van der Waals surface area contributed by atoms with Gasteiger partial charge in [-0.05, 0) is 37.1 Å². The summed E-state index contributed by atoms with van der Waals surface area (Å²) in [5, 5.41) is 20.2. The molecule has 2 rings (SSSR count). The molecule has 0 aliphatic rings. The van der Waals surface area contributed by atoms with Gasteiger partial charge in [-0.1, -0.05) is 0 Å². The topological polar surface area (TPSA) is 53.4 Å². The summed E-state index contributed by atoms with van der Waals surface area (Å²) in [6, 6.07) is 3.47. The maximum atomic E-state index is 9.81. The molecule has 14 heavy (non-hydrogen) atoms. The van der Waals surface area contributed by atoms with E-state index in [1.54, 1.807) is 32.2 Å². The summed E-state index contributed by atoms with van der Waals surface area (Å²) in [6.07, 6.45) is 1.59. The highest BCUT2D eigenvalue weighted by molar-refractivity contribution is 5.92. The molecule has 2 N–H and O–H groups in total. The number of fused-ring (bicyclic) bond motifs is 1. The van der Waals surface area contributed by atoms with E-state index in [0.717, 1.165) is 0 Å². The van der Waals surface area contributed by atoms with Crippen LogP contribution in [0.15, 0.2) is 18.3 Å². The van der Waals surface area contributed by atoms with Crippen LogP contribution in [0.1, 0.15) is 11.1 Å². The van der Waals surface area contributed by atoms with Gasteiger partial charge >= 0.3 is 0 Å². The summed E-state index contributed by atoms with van der Waals surface area (Å²) < 4.78 is 0. The predicted octanol–water partition coefficient (Wildman–Crippen LogP) is 2.26. The van der Waals surface area contributed by atoms with Gasteiger partial charge in [-0.15, -0.1) is 0 Å². The Morgan fingerprint density at radius 3 is 2.43 bits per heavy atom. The van der Waals surface area contributed by atoms with Crippen LogP contribution in [0, 0.1) is 13.8 Å². The van der Waals surface area contributed by atoms with E-state index in [-0.39, 0.29) is 11.5 Å². The molecular weight excluding hydrogens is 178 g/mol. The zero-order chi connectivity index (χ0) is 10.3. The summed E-state index contributed by atoms with van der Waals surface area (Å²) >= 11 is 0. The Morgan fingerprint density at radius 1 is 1.07 bits per heavy atom. The van der Waals surface area contributed by atoms with Crippen molar-refractivity contribution in [3.05, 3.63) is 29.5 Å². The van der Waals surface area contributed by atoms with Crippen LogP contribution in [0.2, 0.25) is 0 Å². The first-order valence-electron chi connectivity index (χ1n) is 4.38. The zero-order valence-corrected chi connectivity index (χ0v) is 8.07. The Balaban J connectivity index is 3.02. The molecule has 0 saturated heterocycles. The fourth-order valence-electron chi connectivity index (χ4n) is 1.52. The van der Waals surface area contributed by atoms with Crippen molar-refractivity contribution in [3.8, 4) is 11.5 Å². The van der Waals surface area contributed by atoms with Gasteiger partial charge in [-0.3, -0.25) is 4.98 Å². The Morgan fingerprint density at radius 2 is 1.71 bits per heavy atom. The van der Waals surface area contributed by atoms with E-state index in [0.29, 0.717) is 22.0 Å². The lowest BCUT2D eigenvalue weighted by Gasteiger charge is -2.09. The van der Waals surface area contributed by atoms with E-state index in [1.807, 2.05) is 0 Å². The minimum atomic E-state index is 0.149. The number of hydrogen-bond acceptors (Lipinski definition) is 3. The number of phenolic OH excluding ortho intramolecular Hbond substituents is 2. The summed E-state index contributed by atoms with van der Waals surface area (Å²) in [7, 11) is 0. The molecule has 0 amide bonds. The van der Waals surface area contributed by atoms with Crippen molar-refractivity contribution in [1.82, 2.24) is 4.98 Å². The summed E-state index contributed by atoms with van der Waals surface area (Å²) in [5.41, 5.74) is 1.82. The van der Waals surface area contributed by atoms with Gasteiger partial charge in [-0.25, -0.2) is 0 Å². The van der Waals surface area contributed by atoms with Crippen LogP contribution in [0.4, 0.5) is 0 Å². The molecule has 72 valence electrons. The first-order chi connectivity index (χ1) is 6.63. The Kier molecular flexibility index (Phi) is 1.81. The van der Waals surface area contributed by atoms with E-state index in [2.05, 4.69) is 4.98 Å². The van der Waals surface area contributed by atoms with E-state index in [4.69, 9.17) is 0 Å². The van der Waals surface area contributed by atoms with Crippen LogP contribution >= 0.6 is 0 Å². The van der Waals surface area contributed by atoms with Crippen LogP contribution in [-0.4, -0.2) is 15.2 Å². The Labute approximate surface area is 81.7 Å². The number of pyridine rings is 1. The molecule has 0 aliphatic heterocycles. The number of nitrogens with zero attached hydrogens (tertiary/aromatic N) is 1. The molecule has 0 saturated carbocycles. The molecule has 0 unspecified atom stereocenters. The second-order valence-corrected chi connectivity index (χ2v) is 3.35.